The molecule has 0 bridgehead atoms. The Labute approximate surface area is 134 Å². The minimum Gasteiger partial charge on any atom is -0.381 e. The van der Waals surface area contributed by atoms with Crippen molar-refractivity contribution in [2.45, 2.75) is 13.2 Å². The number of hydrogen-bond acceptors (Lipinski definition) is 2. The zero-order valence-corrected chi connectivity index (χ0v) is 14.1. The van der Waals surface area contributed by atoms with Gasteiger partial charge in [0, 0.05) is 33.9 Å². The summed E-state index contributed by atoms with van der Waals surface area (Å²) in [5, 5.41) is 3.32. The first-order valence-electron chi connectivity index (χ1n) is 6.06. The molecule has 0 atom stereocenters. The lowest BCUT2D eigenvalue weighted by atomic mass is 10.1. The van der Waals surface area contributed by atoms with Gasteiger partial charge in [-0.15, -0.1) is 0 Å². The second-order valence-corrected chi connectivity index (χ2v) is 6.00. The van der Waals surface area contributed by atoms with Gasteiger partial charge in [-0.25, -0.2) is 4.39 Å². The molecule has 0 aromatic heterocycles. The molecule has 0 spiro atoms. The summed E-state index contributed by atoms with van der Waals surface area (Å²) >= 11 is 6.94. The quantitative estimate of drug-likeness (QED) is 0.750. The molecule has 0 radical (unpaired) electrons. The SMILES string of the molecule is COCc1c(Br)cccc1NCc1cc(F)ccc1Br. The van der Waals surface area contributed by atoms with Gasteiger partial charge in [-0.2, -0.15) is 0 Å². The third-order valence-electron chi connectivity index (χ3n) is 2.88. The molecule has 2 rings (SSSR count). The lowest BCUT2D eigenvalue weighted by Crippen LogP contribution is -2.04. The van der Waals surface area contributed by atoms with E-state index in [1.165, 1.54) is 12.1 Å². The van der Waals surface area contributed by atoms with Crippen molar-refractivity contribution in [3.05, 3.63) is 62.3 Å². The van der Waals surface area contributed by atoms with E-state index in [9.17, 15) is 4.39 Å². The lowest BCUT2D eigenvalue weighted by Gasteiger charge is -2.14. The Kier molecular flexibility index (Phi) is 5.57. The van der Waals surface area contributed by atoms with E-state index < -0.39 is 0 Å². The summed E-state index contributed by atoms with van der Waals surface area (Å²) in [6.07, 6.45) is 0. The first-order valence-corrected chi connectivity index (χ1v) is 7.64. The molecule has 0 aliphatic carbocycles. The van der Waals surface area contributed by atoms with Crippen molar-refractivity contribution in [3.63, 3.8) is 0 Å². The largest absolute Gasteiger partial charge is 0.381 e. The summed E-state index contributed by atoms with van der Waals surface area (Å²) < 4.78 is 20.3. The highest BCUT2D eigenvalue weighted by molar-refractivity contribution is 9.10. The Balaban J connectivity index is 2.18. The van der Waals surface area contributed by atoms with Crippen molar-refractivity contribution in [3.8, 4) is 0 Å². The van der Waals surface area contributed by atoms with Gasteiger partial charge in [0.25, 0.3) is 0 Å². The van der Waals surface area contributed by atoms with E-state index in [2.05, 4.69) is 37.2 Å². The molecule has 0 aliphatic heterocycles. The molecule has 1 N–H and O–H groups in total. The maximum atomic E-state index is 13.3. The van der Waals surface area contributed by atoms with Crippen LogP contribution in [0.2, 0.25) is 0 Å². The van der Waals surface area contributed by atoms with Crippen molar-refractivity contribution < 1.29 is 9.13 Å². The molecule has 2 nitrogen and oxygen atoms in total. The van der Waals surface area contributed by atoms with Crippen LogP contribution in [0.25, 0.3) is 0 Å². The second kappa shape index (κ2) is 7.20. The van der Waals surface area contributed by atoms with E-state index in [1.54, 1.807) is 13.2 Å². The van der Waals surface area contributed by atoms with Crippen molar-refractivity contribution >= 4 is 37.5 Å². The molecule has 0 aliphatic rings. The van der Waals surface area contributed by atoms with Crippen LogP contribution in [0.15, 0.2) is 45.3 Å². The van der Waals surface area contributed by atoms with Gasteiger partial charge in [-0.3, -0.25) is 0 Å². The Bertz CT molecular complexity index is 604. The molecule has 0 saturated heterocycles. The number of ether oxygens (including phenoxy) is 1. The Morgan fingerprint density at radius 3 is 2.70 bits per heavy atom. The Morgan fingerprint density at radius 1 is 1.15 bits per heavy atom. The maximum absolute atomic E-state index is 13.3. The number of benzene rings is 2. The molecule has 106 valence electrons. The standard InChI is InChI=1S/C15H14Br2FNO/c1-20-9-12-14(17)3-2-4-15(12)19-8-10-7-11(18)5-6-13(10)16/h2-7,19H,8-9H2,1H3. The average molecular weight is 403 g/mol. The summed E-state index contributed by atoms with van der Waals surface area (Å²) in [6, 6.07) is 10.6. The smallest absolute Gasteiger partial charge is 0.123 e. The zero-order valence-electron chi connectivity index (χ0n) is 10.9. The van der Waals surface area contributed by atoms with Gasteiger partial charge in [0.1, 0.15) is 5.82 Å². The van der Waals surface area contributed by atoms with Crippen LogP contribution < -0.4 is 5.32 Å². The number of anilines is 1. The van der Waals surface area contributed by atoms with Crippen LogP contribution in [0.1, 0.15) is 11.1 Å². The number of nitrogens with one attached hydrogen (secondary N) is 1. The second-order valence-electron chi connectivity index (χ2n) is 4.29. The molecule has 0 heterocycles. The fourth-order valence-corrected chi connectivity index (χ4v) is 2.75. The van der Waals surface area contributed by atoms with Crippen LogP contribution in [0, 0.1) is 5.82 Å². The van der Waals surface area contributed by atoms with E-state index >= 15 is 0 Å². The van der Waals surface area contributed by atoms with Crippen LogP contribution in [0.4, 0.5) is 10.1 Å². The molecular weight excluding hydrogens is 389 g/mol. The van der Waals surface area contributed by atoms with Crippen LogP contribution in [-0.4, -0.2) is 7.11 Å². The molecule has 5 heteroatoms. The number of hydrogen-bond donors (Lipinski definition) is 1. The first-order chi connectivity index (χ1) is 9.61. The van der Waals surface area contributed by atoms with Crippen molar-refractivity contribution in [1.82, 2.24) is 0 Å². The highest BCUT2D eigenvalue weighted by atomic mass is 79.9. The summed E-state index contributed by atoms with van der Waals surface area (Å²) in [4.78, 5) is 0. The topological polar surface area (TPSA) is 21.3 Å². The van der Waals surface area contributed by atoms with E-state index in [-0.39, 0.29) is 5.82 Å². The molecule has 2 aromatic carbocycles. The van der Waals surface area contributed by atoms with Gasteiger partial charge in [-0.05, 0) is 35.9 Å². The molecular formula is C15H14Br2FNO. The molecule has 20 heavy (non-hydrogen) atoms. The van der Waals surface area contributed by atoms with Crippen molar-refractivity contribution in [2.75, 3.05) is 12.4 Å². The van der Waals surface area contributed by atoms with Crippen molar-refractivity contribution in [1.29, 1.82) is 0 Å². The van der Waals surface area contributed by atoms with Gasteiger partial charge < -0.3 is 10.1 Å². The molecule has 0 fully saturated rings. The molecule has 0 unspecified atom stereocenters. The molecule has 0 saturated carbocycles. The summed E-state index contributed by atoms with van der Waals surface area (Å²) in [7, 11) is 1.66. The third kappa shape index (κ3) is 3.81. The van der Waals surface area contributed by atoms with Gasteiger partial charge in [0.15, 0.2) is 0 Å². The minimum atomic E-state index is -0.239. The normalized spacial score (nSPS) is 10.6. The maximum Gasteiger partial charge on any atom is 0.123 e. The fourth-order valence-electron chi connectivity index (χ4n) is 1.88. The van der Waals surface area contributed by atoms with Gasteiger partial charge in [0.2, 0.25) is 0 Å². The van der Waals surface area contributed by atoms with Gasteiger partial charge in [0.05, 0.1) is 6.61 Å². The highest BCUT2D eigenvalue weighted by Gasteiger charge is 2.07. The summed E-state index contributed by atoms with van der Waals surface area (Å²) in [5.41, 5.74) is 2.88. The van der Waals surface area contributed by atoms with E-state index in [0.717, 1.165) is 25.8 Å². The van der Waals surface area contributed by atoms with Crippen LogP contribution in [0.5, 0.6) is 0 Å². The Morgan fingerprint density at radius 2 is 1.95 bits per heavy atom. The van der Waals surface area contributed by atoms with Crippen LogP contribution in [0.3, 0.4) is 0 Å². The molecule has 0 amide bonds. The van der Waals surface area contributed by atoms with E-state index in [4.69, 9.17) is 4.74 Å². The number of halogens is 3. The first kappa shape index (κ1) is 15.5. The predicted octanol–water partition coefficient (Wildman–Crippen LogP) is 5.11. The minimum absolute atomic E-state index is 0.239. The van der Waals surface area contributed by atoms with Gasteiger partial charge >= 0.3 is 0 Å². The van der Waals surface area contributed by atoms with Crippen LogP contribution in [-0.2, 0) is 17.9 Å². The van der Waals surface area contributed by atoms with E-state index in [0.29, 0.717) is 13.2 Å². The van der Waals surface area contributed by atoms with Gasteiger partial charge in [-0.1, -0.05) is 37.9 Å². The van der Waals surface area contributed by atoms with E-state index in [1.807, 2.05) is 18.2 Å². The third-order valence-corrected chi connectivity index (χ3v) is 4.40. The van der Waals surface area contributed by atoms with Crippen molar-refractivity contribution in [2.24, 2.45) is 0 Å². The number of methoxy groups -OCH3 is 1. The highest BCUT2D eigenvalue weighted by Crippen LogP contribution is 2.27. The Hall–Kier alpha value is -0.910. The zero-order chi connectivity index (χ0) is 14.5. The summed E-state index contributed by atoms with van der Waals surface area (Å²) in [6.45, 7) is 1.04. The lowest BCUT2D eigenvalue weighted by molar-refractivity contribution is 0.185. The average Bonchev–Trinajstić information content (AvgIpc) is 2.43. The monoisotopic (exact) mass is 401 g/mol. The fraction of sp³-hybridized carbons (Fsp3) is 0.200. The van der Waals surface area contributed by atoms with Crippen LogP contribution >= 0.6 is 31.9 Å². The predicted molar refractivity (Wildman–Crippen MR) is 86.3 cm³/mol. The molecule has 2 aromatic rings. The summed E-state index contributed by atoms with van der Waals surface area (Å²) in [5.74, 6) is -0.239. The number of rotatable bonds is 5.